The van der Waals surface area contributed by atoms with Gasteiger partial charge in [-0.25, -0.2) is 4.68 Å². The zero-order valence-corrected chi connectivity index (χ0v) is 17.4. The van der Waals surface area contributed by atoms with Crippen LogP contribution in [0.3, 0.4) is 0 Å². The van der Waals surface area contributed by atoms with Crippen molar-refractivity contribution in [2.24, 2.45) is 0 Å². The lowest BCUT2D eigenvalue weighted by molar-refractivity contribution is 0.102. The fourth-order valence-electron chi connectivity index (χ4n) is 3.04. The first kappa shape index (κ1) is 20.1. The minimum atomic E-state index is -0.224. The lowest BCUT2D eigenvalue weighted by Gasteiger charge is -2.09. The Morgan fingerprint density at radius 3 is 2.39 bits per heavy atom. The molecular formula is C23H21N5O3. The smallest absolute Gasteiger partial charge is 0.255 e. The molecule has 0 bridgehead atoms. The number of methoxy groups -OCH3 is 1. The molecule has 1 amide bonds. The van der Waals surface area contributed by atoms with E-state index in [0.29, 0.717) is 34.4 Å². The number of amides is 1. The number of rotatable bonds is 6. The van der Waals surface area contributed by atoms with Gasteiger partial charge in [0.25, 0.3) is 5.91 Å². The quantitative estimate of drug-likeness (QED) is 0.504. The maximum atomic E-state index is 12.4. The van der Waals surface area contributed by atoms with E-state index in [9.17, 15) is 4.79 Å². The summed E-state index contributed by atoms with van der Waals surface area (Å²) in [7, 11) is 1.56. The average Bonchev–Trinajstić information content (AvgIpc) is 3.13. The molecule has 8 nitrogen and oxygen atoms in total. The molecule has 0 unspecified atom stereocenters. The Bertz CT molecular complexity index is 1200. The Balaban J connectivity index is 1.40. The van der Waals surface area contributed by atoms with E-state index in [2.05, 4.69) is 20.6 Å². The minimum Gasteiger partial charge on any atom is -0.497 e. The molecule has 0 saturated heterocycles. The molecule has 8 heteroatoms. The zero-order chi connectivity index (χ0) is 21.8. The van der Waals surface area contributed by atoms with E-state index < -0.39 is 0 Å². The van der Waals surface area contributed by atoms with Crippen molar-refractivity contribution in [2.45, 2.75) is 13.8 Å². The fourth-order valence-corrected chi connectivity index (χ4v) is 3.04. The van der Waals surface area contributed by atoms with Crippen molar-refractivity contribution in [3.05, 3.63) is 83.7 Å². The summed E-state index contributed by atoms with van der Waals surface area (Å²) in [6.07, 6.45) is 0. The van der Waals surface area contributed by atoms with Gasteiger partial charge in [-0.15, -0.1) is 10.2 Å². The third-order valence-corrected chi connectivity index (χ3v) is 4.52. The second kappa shape index (κ2) is 8.66. The van der Waals surface area contributed by atoms with Gasteiger partial charge in [-0.3, -0.25) is 4.79 Å². The van der Waals surface area contributed by atoms with Crippen LogP contribution in [-0.2, 0) is 0 Å². The van der Waals surface area contributed by atoms with Crippen LogP contribution in [0.5, 0.6) is 17.4 Å². The molecule has 4 rings (SSSR count). The molecule has 0 spiro atoms. The first-order valence-corrected chi connectivity index (χ1v) is 9.62. The van der Waals surface area contributed by atoms with Gasteiger partial charge >= 0.3 is 0 Å². The molecule has 2 aromatic heterocycles. The first-order chi connectivity index (χ1) is 15.0. The summed E-state index contributed by atoms with van der Waals surface area (Å²) in [4.78, 5) is 12.4. The van der Waals surface area contributed by atoms with Crippen molar-refractivity contribution in [3.63, 3.8) is 0 Å². The van der Waals surface area contributed by atoms with Gasteiger partial charge in [0.1, 0.15) is 11.5 Å². The third-order valence-electron chi connectivity index (χ3n) is 4.52. The van der Waals surface area contributed by atoms with E-state index in [0.717, 1.165) is 11.4 Å². The van der Waals surface area contributed by atoms with Crippen LogP contribution < -0.4 is 14.8 Å². The standard InChI is InChI=1S/C23H21N5O3/c1-15-13-16(2)28(27-15)21-11-12-22(26-25-21)31-19-9-7-18(8-10-19)24-23(29)17-5-4-6-20(14-17)30-3/h4-14H,1-3H3,(H,24,29). The van der Waals surface area contributed by atoms with E-state index in [1.54, 1.807) is 72.5 Å². The topological polar surface area (TPSA) is 91.2 Å². The van der Waals surface area contributed by atoms with Gasteiger partial charge in [-0.1, -0.05) is 6.07 Å². The van der Waals surface area contributed by atoms with Gasteiger partial charge in [0.15, 0.2) is 5.82 Å². The molecule has 2 heterocycles. The van der Waals surface area contributed by atoms with Crippen molar-refractivity contribution in [1.82, 2.24) is 20.0 Å². The Labute approximate surface area is 179 Å². The van der Waals surface area contributed by atoms with Crippen molar-refractivity contribution < 1.29 is 14.3 Å². The molecule has 0 radical (unpaired) electrons. The highest BCUT2D eigenvalue weighted by Crippen LogP contribution is 2.22. The zero-order valence-electron chi connectivity index (χ0n) is 17.4. The minimum absolute atomic E-state index is 0.224. The number of benzene rings is 2. The summed E-state index contributed by atoms with van der Waals surface area (Å²) >= 11 is 0. The number of ether oxygens (including phenoxy) is 2. The normalized spacial score (nSPS) is 10.5. The Hall–Kier alpha value is -4.20. The van der Waals surface area contributed by atoms with Crippen LogP contribution in [0.2, 0.25) is 0 Å². The van der Waals surface area contributed by atoms with Crippen LogP contribution >= 0.6 is 0 Å². The molecule has 0 fully saturated rings. The summed E-state index contributed by atoms with van der Waals surface area (Å²) in [6.45, 7) is 3.89. The second-order valence-electron chi connectivity index (χ2n) is 6.88. The third kappa shape index (κ3) is 4.69. The number of nitrogens with zero attached hydrogens (tertiary/aromatic N) is 4. The monoisotopic (exact) mass is 415 g/mol. The summed E-state index contributed by atoms with van der Waals surface area (Å²) in [5.41, 5.74) is 3.05. The van der Waals surface area contributed by atoms with Crippen LogP contribution in [0.1, 0.15) is 21.7 Å². The number of hydrogen-bond acceptors (Lipinski definition) is 6. The van der Waals surface area contributed by atoms with E-state index in [1.807, 2.05) is 19.9 Å². The lowest BCUT2D eigenvalue weighted by atomic mass is 10.2. The highest BCUT2D eigenvalue weighted by Gasteiger charge is 2.09. The molecule has 0 aliphatic heterocycles. The van der Waals surface area contributed by atoms with Crippen molar-refractivity contribution >= 4 is 11.6 Å². The highest BCUT2D eigenvalue weighted by molar-refractivity contribution is 6.04. The summed E-state index contributed by atoms with van der Waals surface area (Å²) < 4.78 is 12.6. The number of nitrogens with one attached hydrogen (secondary N) is 1. The van der Waals surface area contributed by atoms with E-state index in [1.165, 1.54) is 0 Å². The van der Waals surface area contributed by atoms with Gasteiger partial charge < -0.3 is 14.8 Å². The van der Waals surface area contributed by atoms with Crippen molar-refractivity contribution in [1.29, 1.82) is 0 Å². The Kier molecular flexibility index (Phi) is 5.61. The van der Waals surface area contributed by atoms with Crippen molar-refractivity contribution in [3.8, 4) is 23.2 Å². The van der Waals surface area contributed by atoms with Gasteiger partial charge in [0, 0.05) is 23.0 Å². The molecule has 1 N–H and O–H groups in total. The summed E-state index contributed by atoms with van der Waals surface area (Å²) in [5.74, 6) is 1.96. The predicted molar refractivity (Wildman–Crippen MR) is 116 cm³/mol. The summed E-state index contributed by atoms with van der Waals surface area (Å²) in [5, 5.41) is 15.5. The van der Waals surface area contributed by atoms with Crippen LogP contribution in [-0.4, -0.2) is 33.0 Å². The SMILES string of the molecule is COc1cccc(C(=O)Nc2ccc(Oc3ccc(-n4nc(C)cc4C)nn3)cc2)c1. The maximum Gasteiger partial charge on any atom is 0.255 e. The largest absolute Gasteiger partial charge is 0.497 e. The molecular weight excluding hydrogens is 394 g/mol. The fraction of sp³-hybridized carbons (Fsp3) is 0.130. The highest BCUT2D eigenvalue weighted by atomic mass is 16.5. The number of carbonyl (C=O) groups excluding carboxylic acids is 1. The molecule has 0 aliphatic rings. The molecule has 31 heavy (non-hydrogen) atoms. The maximum absolute atomic E-state index is 12.4. The van der Waals surface area contributed by atoms with Gasteiger partial charge in [-0.05, 0) is 68.4 Å². The number of aromatic nitrogens is 4. The molecule has 0 atom stereocenters. The van der Waals surface area contributed by atoms with Crippen LogP contribution in [0, 0.1) is 13.8 Å². The van der Waals surface area contributed by atoms with Gasteiger partial charge in [0.05, 0.1) is 12.8 Å². The van der Waals surface area contributed by atoms with Crippen LogP contribution in [0.15, 0.2) is 66.7 Å². The Morgan fingerprint density at radius 2 is 1.74 bits per heavy atom. The molecule has 156 valence electrons. The predicted octanol–water partition coefficient (Wildman–Crippen LogP) is 4.33. The Morgan fingerprint density at radius 1 is 0.935 bits per heavy atom. The molecule has 0 saturated carbocycles. The van der Waals surface area contributed by atoms with Crippen LogP contribution in [0.25, 0.3) is 5.82 Å². The lowest BCUT2D eigenvalue weighted by Crippen LogP contribution is -2.11. The van der Waals surface area contributed by atoms with Crippen molar-refractivity contribution in [2.75, 3.05) is 12.4 Å². The summed E-state index contributed by atoms with van der Waals surface area (Å²) in [6, 6.07) is 19.5. The number of carbonyl (C=O) groups is 1. The molecule has 0 aliphatic carbocycles. The van der Waals surface area contributed by atoms with Crippen LogP contribution in [0.4, 0.5) is 5.69 Å². The van der Waals surface area contributed by atoms with Gasteiger partial charge in [0.2, 0.25) is 5.88 Å². The average molecular weight is 415 g/mol. The molecule has 2 aromatic carbocycles. The van der Waals surface area contributed by atoms with E-state index in [4.69, 9.17) is 9.47 Å². The van der Waals surface area contributed by atoms with E-state index >= 15 is 0 Å². The first-order valence-electron chi connectivity index (χ1n) is 9.62. The second-order valence-corrected chi connectivity index (χ2v) is 6.88. The number of aryl methyl sites for hydroxylation is 2. The number of hydrogen-bond donors (Lipinski definition) is 1. The molecule has 4 aromatic rings. The van der Waals surface area contributed by atoms with Gasteiger partial charge in [-0.2, -0.15) is 5.10 Å². The van der Waals surface area contributed by atoms with E-state index in [-0.39, 0.29) is 5.91 Å². The number of anilines is 1.